The summed E-state index contributed by atoms with van der Waals surface area (Å²) >= 11 is 6.15. The Kier molecular flexibility index (Phi) is 21.5. The minimum absolute atomic E-state index is 0.165. The zero-order chi connectivity index (χ0) is 45.2. The van der Waals surface area contributed by atoms with Crippen molar-refractivity contribution in [3.05, 3.63) is 64.7 Å². The number of cyclic esters (lactones) is 1. The highest BCUT2D eigenvalue weighted by molar-refractivity contribution is 6.32. The molecule has 4 rings (SSSR count). The second-order valence-corrected chi connectivity index (χ2v) is 15.3. The van der Waals surface area contributed by atoms with Crippen molar-refractivity contribution in [1.82, 2.24) is 20.4 Å². The first kappa shape index (κ1) is 51.4. The van der Waals surface area contributed by atoms with Crippen molar-refractivity contribution < 1.29 is 57.9 Å². The topological polar surface area (TPSA) is 214 Å². The van der Waals surface area contributed by atoms with E-state index in [0.717, 1.165) is 36.7 Å². The molecular formula is C43H63ClN4O12. The molecule has 1 aromatic carbocycles. The molecule has 0 aliphatic carbocycles. The summed E-state index contributed by atoms with van der Waals surface area (Å²) in [5, 5.41) is 20.0. The van der Waals surface area contributed by atoms with Crippen LogP contribution >= 0.6 is 11.6 Å². The average molecular weight is 863 g/mol. The van der Waals surface area contributed by atoms with Gasteiger partial charge in [-0.1, -0.05) is 54.8 Å². The summed E-state index contributed by atoms with van der Waals surface area (Å²) in [6.07, 6.45) is 9.52. The van der Waals surface area contributed by atoms with Crippen molar-refractivity contribution in [2.24, 2.45) is 5.92 Å². The number of likely N-dealkylation sites (N-methyl/N-ethyl adjacent to an activating group) is 1. The SMILES string of the molecule is CNC(=O)C[C@H](OC(=O)C(C)N(C)C(=O)CCCCCN1C(=O)C=CC1=O)C1(C)OC1[C@H](C)C1CC(C/C=C/C=C(\C)Cc2ccc(Cl)c(OC)c2)NC(=O)O1.CO.CO. The molecule has 0 bridgehead atoms. The standard InChI is InChI=1S/C41H55ClN4O10.2CH4O/c1-25(21-28-16-17-30(42)32(22-28)53-7)13-10-11-14-29-23-31(54-40(52)44-29)26(2)38-41(4,56-38)33(24-34(47)43-5)55-39(51)27(3)45(6)35(48)15-9-8-12-20-46-36(49)18-19-37(46)50;2*1-2/h10-11,13,16-19,22,26-27,29,31,33,38H,8-9,12,14-15,20-21,23-24H2,1-7H3,(H,43,47)(H,44,52);2*2H,1H3/b11-10+,25-13+;;/t26-,27?,29?,31?,33+,38?,41?;;/m1../s1. The van der Waals surface area contributed by atoms with Gasteiger partial charge in [0.05, 0.1) is 24.7 Å². The molecule has 3 aliphatic rings. The van der Waals surface area contributed by atoms with E-state index in [1.165, 1.54) is 31.1 Å². The molecule has 7 atom stereocenters. The lowest BCUT2D eigenvalue weighted by molar-refractivity contribution is -0.162. The van der Waals surface area contributed by atoms with Crippen LogP contribution in [0.25, 0.3) is 0 Å². The third-order valence-corrected chi connectivity index (χ3v) is 11.0. The summed E-state index contributed by atoms with van der Waals surface area (Å²) in [5.74, 6) is -1.64. The van der Waals surface area contributed by atoms with Gasteiger partial charge in [-0.05, 0) is 64.2 Å². The number of ether oxygens (including phenoxy) is 4. The number of rotatable bonds is 20. The largest absolute Gasteiger partial charge is 0.495 e. The molecule has 5 unspecified atom stereocenters. The Morgan fingerprint density at radius 2 is 1.77 bits per heavy atom. The number of benzene rings is 1. The van der Waals surface area contributed by atoms with Gasteiger partial charge in [-0.15, -0.1) is 0 Å². The van der Waals surface area contributed by atoms with E-state index in [9.17, 15) is 28.8 Å². The molecule has 0 saturated carbocycles. The van der Waals surface area contributed by atoms with Crippen molar-refractivity contribution >= 4 is 47.3 Å². The van der Waals surface area contributed by atoms with Gasteiger partial charge in [0.2, 0.25) is 11.8 Å². The molecule has 4 N–H and O–H groups in total. The normalized spacial score (nSPS) is 22.3. The van der Waals surface area contributed by atoms with Crippen molar-refractivity contribution in [2.75, 3.05) is 42.0 Å². The third kappa shape index (κ3) is 14.7. The first-order valence-corrected chi connectivity index (χ1v) is 20.3. The van der Waals surface area contributed by atoms with Crippen molar-refractivity contribution in [3.63, 3.8) is 0 Å². The molecule has 0 aromatic heterocycles. The number of aliphatic hydroxyl groups is 2. The molecule has 0 radical (unpaired) electrons. The van der Waals surface area contributed by atoms with Gasteiger partial charge in [-0.25, -0.2) is 9.59 Å². The van der Waals surface area contributed by atoms with Crippen molar-refractivity contribution in [2.45, 2.75) is 115 Å². The molecule has 60 heavy (non-hydrogen) atoms. The van der Waals surface area contributed by atoms with E-state index in [1.54, 1.807) is 21.0 Å². The Bertz CT molecular complexity index is 1720. The number of halogens is 1. The molecule has 2 saturated heterocycles. The molecule has 3 aliphatic heterocycles. The van der Waals surface area contributed by atoms with Crippen LogP contribution in [0.3, 0.4) is 0 Å². The fourth-order valence-electron chi connectivity index (χ4n) is 6.99. The van der Waals surface area contributed by atoms with Crippen LogP contribution in [0, 0.1) is 5.92 Å². The predicted molar refractivity (Wildman–Crippen MR) is 225 cm³/mol. The fourth-order valence-corrected chi connectivity index (χ4v) is 7.19. The summed E-state index contributed by atoms with van der Waals surface area (Å²) < 4.78 is 23.1. The molecule has 16 nitrogen and oxygen atoms in total. The highest BCUT2D eigenvalue weighted by Gasteiger charge is 2.63. The number of methoxy groups -OCH3 is 1. The first-order chi connectivity index (χ1) is 28.6. The van der Waals surface area contributed by atoms with E-state index in [0.29, 0.717) is 42.9 Å². The number of alkyl carbamates (subject to hydrolysis) is 1. The maximum Gasteiger partial charge on any atom is 0.407 e. The van der Waals surface area contributed by atoms with E-state index in [-0.39, 0.29) is 55.0 Å². The van der Waals surface area contributed by atoms with Gasteiger partial charge >= 0.3 is 12.1 Å². The summed E-state index contributed by atoms with van der Waals surface area (Å²) in [5.41, 5.74) is 1.17. The Hall–Kier alpha value is -4.77. The van der Waals surface area contributed by atoms with Gasteiger partial charge in [-0.3, -0.25) is 24.1 Å². The number of amides is 5. The number of unbranched alkanes of at least 4 members (excludes halogenated alkanes) is 2. The lowest BCUT2D eigenvalue weighted by Gasteiger charge is -2.33. The Labute approximate surface area is 358 Å². The first-order valence-electron chi connectivity index (χ1n) is 20.0. The number of nitrogens with zero attached hydrogens (tertiary/aromatic N) is 2. The van der Waals surface area contributed by atoms with E-state index in [2.05, 4.69) is 10.6 Å². The monoisotopic (exact) mass is 862 g/mol. The number of hydrogen-bond donors (Lipinski definition) is 4. The fraction of sp³-hybridized carbons (Fsp3) is 0.581. The van der Waals surface area contributed by atoms with Crippen LogP contribution in [0.4, 0.5) is 4.79 Å². The number of nitrogens with one attached hydrogen (secondary N) is 2. The van der Waals surface area contributed by atoms with Crippen LogP contribution < -0.4 is 15.4 Å². The van der Waals surface area contributed by atoms with Crippen LogP contribution in [0.15, 0.2) is 54.2 Å². The lowest BCUT2D eigenvalue weighted by atomic mass is 9.85. The maximum absolute atomic E-state index is 13.4. The maximum atomic E-state index is 13.4. The van der Waals surface area contributed by atoms with Gasteiger partial charge in [0, 0.05) is 71.8 Å². The zero-order valence-electron chi connectivity index (χ0n) is 36.2. The number of esters is 1. The highest BCUT2D eigenvalue weighted by Crippen LogP contribution is 2.48. The highest BCUT2D eigenvalue weighted by atomic mass is 35.5. The number of imide groups is 1. The number of hydrogen-bond acceptors (Lipinski definition) is 12. The van der Waals surface area contributed by atoms with Crippen LogP contribution in [-0.4, -0.2) is 134 Å². The summed E-state index contributed by atoms with van der Waals surface area (Å²) in [4.78, 5) is 77.5. The molecule has 2 fully saturated rings. The lowest BCUT2D eigenvalue weighted by Crippen LogP contribution is -2.49. The van der Waals surface area contributed by atoms with Crippen molar-refractivity contribution in [1.29, 1.82) is 0 Å². The number of aliphatic hydroxyl groups excluding tert-OH is 2. The molecule has 0 spiro atoms. The van der Waals surface area contributed by atoms with Crippen LogP contribution in [0.2, 0.25) is 5.02 Å². The zero-order valence-corrected chi connectivity index (χ0v) is 37.0. The second kappa shape index (κ2) is 25.1. The minimum atomic E-state index is -1.04. The predicted octanol–water partition coefficient (Wildman–Crippen LogP) is 4.04. The van der Waals surface area contributed by atoms with Crippen LogP contribution in [0.5, 0.6) is 5.75 Å². The molecule has 17 heteroatoms. The van der Waals surface area contributed by atoms with Gasteiger partial charge in [-0.2, -0.15) is 0 Å². The summed E-state index contributed by atoms with van der Waals surface area (Å²) in [6, 6.07) is 4.57. The second-order valence-electron chi connectivity index (χ2n) is 14.9. The number of epoxide rings is 1. The Balaban J connectivity index is 0.00000301. The smallest absolute Gasteiger partial charge is 0.407 e. The molecule has 334 valence electrons. The van der Waals surface area contributed by atoms with Crippen LogP contribution in [0.1, 0.15) is 78.2 Å². The molecule has 1 aromatic rings. The molecular weight excluding hydrogens is 800 g/mol. The van der Waals surface area contributed by atoms with E-state index >= 15 is 0 Å². The summed E-state index contributed by atoms with van der Waals surface area (Å²) in [6.45, 7) is 7.56. The Morgan fingerprint density at radius 1 is 1.10 bits per heavy atom. The van der Waals surface area contributed by atoms with Crippen LogP contribution in [-0.2, 0) is 44.6 Å². The van der Waals surface area contributed by atoms with Crippen molar-refractivity contribution in [3.8, 4) is 5.75 Å². The van der Waals surface area contributed by atoms with Gasteiger partial charge < -0.3 is 44.7 Å². The quantitative estimate of drug-likeness (QED) is 0.0481. The van der Waals surface area contributed by atoms with Gasteiger partial charge in [0.15, 0.2) is 0 Å². The third-order valence-electron chi connectivity index (χ3n) is 10.7. The molecule has 5 amide bonds. The number of allylic oxidation sites excluding steroid dienone is 3. The van der Waals surface area contributed by atoms with E-state index < -0.39 is 42.0 Å². The molecule has 3 heterocycles. The van der Waals surface area contributed by atoms with E-state index in [4.69, 9.17) is 40.8 Å². The van der Waals surface area contributed by atoms with Gasteiger partial charge in [0.25, 0.3) is 11.8 Å². The van der Waals surface area contributed by atoms with E-state index in [1.807, 2.05) is 50.3 Å². The Morgan fingerprint density at radius 3 is 2.40 bits per heavy atom. The average Bonchev–Trinajstić information content (AvgIpc) is 3.84. The summed E-state index contributed by atoms with van der Waals surface area (Å²) in [7, 11) is 6.59. The van der Waals surface area contributed by atoms with Gasteiger partial charge in [0.1, 0.15) is 29.6 Å². The number of carbonyl (C=O) groups is 6. The number of carbonyl (C=O) groups excluding carboxylic acids is 6. The minimum Gasteiger partial charge on any atom is -0.495 e.